The van der Waals surface area contributed by atoms with Crippen LogP contribution in [0.3, 0.4) is 0 Å². The number of hydrogen-bond acceptors (Lipinski definition) is 5. The first kappa shape index (κ1) is 16.4. The summed E-state index contributed by atoms with van der Waals surface area (Å²) in [6, 6.07) is 1.12. The number of hydrogen-bond donors (Lipinski definition) is 3. The molecule has 0 unspecified atom stereocenters. The average Bonchev–Trinajstić information content (AvgIpc) is 2.44. The molecule has 0 aliphatic carbocycles. The van der Waals surface area contributed by atoms with Gasteiger partial charge in [0, 0.05) is 17.5 Å². The van der Waals surface area contributed by atoms with Crippen LogP contribution in [0, 0.1) is 0 Å². The summed E-state index contributed by atoms with van der Waals surface area (Å²) in [6.45, 7) is 1.73. The summed E-state index contributed by atoms with van der Waals surface area (Å²) < 4.78 is 0. The number of carbonyl (C=O) groups is 3. The topological polar surface area (TPSA) is 112 Å². The summed E-state index contributed by atoms with van der Waals surface area (Å²) in [6.07, 6.45) is 2.85. The highest BCUT2D eigenvalue weighted by Gasteiger charge is 2.16. The molecule has 0 bridgehead atoms. The summed E-state index contributed by atoms with van der Waals surface area (Å²) in [7, 11) is 0. The lowest BCUT2D eigenvalue weighted by atomic mass is 9.99. The van der Waals surface area contributed by atoms with Crippen molar-refractivity contribution in [1.82, 2.24) is 0 Å². The van der Waals surface area contributed by atoms with Crippen molar-refractivity contribution in [2.45, 2.75) is 26.2 Å². The molecule has 0 aliphatic rings. The number of carbonyl (C=O) groups excluding carboxylic acids is 2. The SMILES string of the molecule is C/C(=C/Cc1c(O)cc(C=O)c(C=O)c1O)CCC(=O)O. The van der Waals surface area contributed by atoms with E-state index in [1.165, 1.54) is 0 Å². The number of carboxylic acids is 1. The molecule has 0 radical (unpaired) electrons. The summed E-state index contributed by atoms with van der Waals surface area (Å²) in [5, 5.41) is 28.3. The normalized spacial score (nSPS) is 11.2. The molecule has 0 aromatic heterocycles. The number of rotatable bonds is 7. The minimum atomic E-state index is -0.910. The molecule has 6 heteroatoms. The molecule has 6 nitrogen and oxygen atoms in total. The van der Waals surface area contributed by atoms with Gasteiger partial charge in [0.2, 0.25) is 0 Å². The Labute approximate surface area is 121 Å². The van der Waals surface area contributed by atoms with E-state index in [9.17, 15) is 24.6 Å². The molecule has 0 atom stereocenters. The van der Waals surface area contributed by atoms with Crippen molar-refractivity contribution in [1.29, 1.82) is 0 Å². The van der Waals surface area contributed by atoms with Gasteiger partial charge in [0.05, 0.1) is 5.56 Å². The van der Waals surface area contributed by atoms with E-state index in [1.54, 1.807) is 13.0 Å². The number of allylic oxidation sites excluding steroid dienone is 2. The van der Waals surface area contributed by atoms with Crippen LogP contribution in [-0.2, 0) is 11.2 Å². The maximum atomic E-state index is 10.9. The predicted molar refractivity (Wildman–Crippen MR) is 74.9 cm³/mol. The highest BCUT2D eigenvalue weighted by Crippen LogP contribution is 2.33. The van der Waals surface area contributed by atoms with Gasteiger partial charge >= 0.3 is 5.97 Å². The van der Waals surface area contributed by atoms with Crippen molar-refractivity contribution in [3.05, 3.63) is 34.4 Å². The van der Waals surface area contributed by atoms with Gasteiger partial charge in [0.25, 0.3) is 0 Å². The third-order valence-corrected chi connectivity index (χ3v) is 3.09. The zero-order valence-corrected chi connectivity index (χ0v) is 11.5. The Morgan fingerprint density at radius 3 is 2.38 bits per heavy atom. The molecule has 0 fully saturated rings. The highest BCUT2D eigenvalue weighted by atomic mass is 16.4. The second-order valence-corrected chi connectivity index (χ2v) is 4.61. The van der Waals surface area contributed by atoms with Gasteiger partial charge in [0.1, 0.15) is 11.5 Å². The lowest BCUT2D eigenvalue weighted by Gasteiger charge is -2.10. The number of phenolic OH excluding ortho intramolecular Hbond substituents is 2. The lowest BCUT2D eigenvalue weighted by Crippen LogP contribution is -1.97. The molecule has 0 amide bonds. The first-order valence-electron chi connectivity index (χ1n) is 6.26. The Kier molecular flexibility index (Phi) is 5.66. The summed E-state index contributed by atoms with van der Waals surface area (Å²) in [4.78, 5) is 32.1. The van der Waals surface area contributed by atoms with E-state index in [-0.39, 0.29) is 35.3 Å². The third kappa shape index (κ3) is 4.17. The minimum absolute atomic E-state index is 0.00996. The molecular weight excluding hydrogens is 276 g/mol. The maximum Gasteiger partial charge on any atom is 0.303 e. The van der Waals surface area contributed by atoms with Gasteiger partial charge in [-0.3, -0.25) is 14.4 Å². The maximum absolute atomic E-state index is 10.9. The molecule has 0 saturated carbocycles. The van der Waals surface area contributed by atoms with E-state index in [1.807, 2.05) is 0 Å². The van der Waals surface area contributed by atoms with Crippen LogP contribution in [0.25, 0.3) is 0 Å². The van der Waals surface area contributed by atoms with E-state index in [2.05, 4.69) is 0 Å². The predicted octanol–water partition coefficient (Wildman–Crippen LogP) is 2.08. The molecule has 1 rings (SSSR count). The molecule has 0 saturated heterocycles. The van der Waals surface area contributed by atoms with E-state index < -0.39 is 11.7 Å². The number of benzene rings is 1. The Morgan fingerprint density at radius 1 is 1.19 bits per heavy atom. The van der Waals surface area contributed by atoms with Gasteiger partial charge < -0.3 is 15.3 Å². The molecule has 21 heavy (non-hydrogen) atoms. The van der Waals surface area contributed by atoms with Crippen LogP contribution in [0.5, 0.6) is 11.5 Å². The molecule has 0 heterocycles. The van der Waals surface area contributed by atoms with Crippen LogP contribution < -0.4 is 0 Å². The van der Waals surface area contributed by atoms with Crippen LogP contribution in [0.1, 0.15) is 46.0 Å². The number of carboxylic acid groups (broad SMARTS) is 1. The average molecular weight is 292 g/mol. The van der Waals surface area contributed by atoms with Gasteiger partial charge in [-0.25, -0.2) is 0 Å². The fourth-order valence-corrected chi connectivity index (χ4v) is 1.84. The molecule has 0 spiro atoms. The van der Waals surface area contributed by atoms with Gasteiger partial charge in [0.15, 0.2) is 12.6 Å². The van der Waals surface area contributed by atoms with E-state index in [0.29, 0.717) is 19.0 Å². The van der Waals surface area contributed by atoms with Crippen LogP contribution >= 0.6 is 0 Å². The quantitative estimate of drug-likeness (QED) is 0.524. The van der Waals surface area contributed by atoms with E-state index in [0.717, 1.165) is 11.6 Å². The largest absolute Gasteiger partial charge is 0.507 e. The number of aldehydes is 2. The van der Waals surface area contributed by atoms with Crippen LogP contribution in [-0.4, -0.2) is 33.9 Å². The van der Waals surface area contributed by atoms with Crippen LogP contribution in [0.4, 0.5) is 0 Å². The monoisotopic (exact) mass is 292 g/mol. The van der Waals surface area contributed by atoms with Gasteiger partial charge in [-0.2, -0.15) is 0 Å². The summed E-state index contributed by atoms with van der Waals surface area (Å²) in [5.41, 5.74) is 0.644. The molecule has 3 N–H and O–H groups in total. The Bertz CT molecular complexity index is 601. The zero-order valence-electron chi connectivity index (χ0n) is 11.5. The van der Waals surface area contributed by atoms with Gasteiger partial charge in [-0.05, 0) is 25.8 Å². The van der Waals surface area contributed by atoms with Crippen molar-refractivity contribution < 1.29 is 29.7 Å². The molecule has 1 aromatic rings. The van der Waals surface area contributed by atoms with Crippen molar-refractivity contribution in [2.24, 2.45) is 0 Å². The van der Waals surface area contributed by atoms with Crippen LogP contribution in [0.2, 0.25) is 0 Å². The highest BCUT2D eigenvalue weighted by molar-refractivity contribution is 5.94. The van der Waals surface area contributed by atoms with Gasteiger partial charge in [-0.1, -0.05) is 11.6 Å². The van der Waals surface area contributed by atoms with Crippen molar-refractivity contribution in [3.8, 4) is 11.5 Å². The zero-order chi connectivity index (χ0) is 16.0. The third-order valence-electron chi connectivity index (χ3n) is 3.09. The number of phenols is 2. The van der Waals surface area contributed by atoms with Crippen molar-refractivity contribution in [3.63, 3.8) is 0 Å². The molecule has 112 valence electrons. The van der Waals surface area contributed by atoms with Crippen molar-refractivity contribution in [2.75, 3.05) is 0 Å². The smallest absolute Gasteiger partial charge is 0.303 e. The molecule has 0 aliphatic heterocycles. The minimum Gasteiger partial charge on any atom is -0.507 e. The first-order valence-corrected chi connectivity index (χ1v) is 6.26. The van der Waals surface area contributed by atoms with Gasteiger partial charge in [-0.15, -0.1) is 0 Å². The Hall–Kier alpha value is -2.63. The fourth-order valence-electron chi connectivity index (χ4n) is 1.84. The molecule has 1 aromatic carbocycles. The van der Waals surface area contributed by atoms with Crippen molar-refractivity contribution >= 4 is 18.5 Å². The Balaban J connectivity index is 3.03. The summed E-state index contributed by atoms with van der Waals surface area (Å²) >= 11 is 0. The van der Waals surface area contributed by atoms with E-state index in [4.69, 9.17) is 5.11 Å². The second kappa shape index (κ2) is 7.23. The lowest BCUT2D eigenvalue weighted by molar-refractivity contribution is -0.136. The molecular formula is C15H16O6. The Morgan fingerprint density at radius 2 is 1.86 bits per heavy atom. The van der Waals surface area contributed by atoms with E-state index >= 15 is 0 Å². The summed E-state index contributed by atoms with van der Waals surface area (Å²) in [5.74, 6) is -1.64. The van der Waals surface area contributed by atoms with Crippen LogP contribution in [0.15, 0.2) is 17.7 Å². The standard InChI is InChI=1S/C15H16O6/c1-9(3-5-14(19)20)2-4-11-13(18)6-10(7-16)12(8-17)15(11)21/h2,6-8,18,21H,3-5H2,1H3,(H,19,20)/b9-2-. The number of aliphatic carboxylic acids is 1. The second-order valence-electron chi connectivity index (χ2n) is 4.61. The first-order chi connectivity index (χ1) is 9.90. The fraction of sp³-hybridized carbons (Fsp3) is 0.267. The number of aromatic hydroxyl groups is 2.